The monoisotopic (exact) mass is 367 g/mol. The van der Waals surface area contributed by atoms with Crippen LogP contribution in [-0.4, -0.2) is 7.11 Å². The van der Waals surface area contributed by atoms with Gasteiger partial charge in [0.2, 0.25) is 0 Å². The predicted molar refractivity (Wildman–Crippen MR) is 93.4 cm³/mol. The molecular formula is C17H19BrClNO. The quantitative estimate of drug-likeness (QED) is 0.668. The largest absolute Gasteiger partial charge is 0.497 e. The van der Waals surface area contributed by atoms with E-state index in [4.69, 9.17) is 16.3 Å². The number of ether oxygens (including phenoxy) is 1. The molecule has 0 aliphatic carbocycles. The van der Waals surface area contributed by atoms with Gasteiger partial charge in [0.1, 0.15) is 5.75 Å². The molecule has 2 nitrogen and oxygen atoms in total. The third-order valence-corrected chi connectivity index (χ3v) is 4.01. The standard InChI is InChI=1S/C17H19BrClNO/c1-3-4-17(12-5-7-14(19)8-6-12)20-15-9-13(18)10-16(11-15)21-2/h5-11,17,20H,3-4H2,1-2H3. The Kier molecular flexibility index (Phi) is 5.95. The second kappa shape index (κ2) is 7.71. The fraction of sp³-hybridized carbons (Fsp3) is 0.294. The Morgan fingerprint density at radius 2 is 1.90 bits per heavy atom. The normalized spacial score (nSPS) is 12.0. The summed E-state index contributed by atoms with van der Waals surface area (Å²) >= 11 is 9.48. The van der Waals surface area contributed by atoms with Crippen LogP contribution < -0.4 is 10.1 Å². The Morgan fingerprint density at radius 1 is 1.19 bits per heavy atom. The number of hydrogen-bond donors (Lipinski definition) is 1. The molecule has 4 heteroatoms. The van der Waals surface area contributed by atoms with Crippen LogP contribution in [0.4, 0.5) is 5.69 Å². The fourth-order valence-electron chi connectivity index (χ4n) is 2.27. The molecule has 1 unspecified atom stereocenters. The highest BCUT2D eigenvalue weighted by Crippen LogP contribution is 2.29. The number of rotatable bonds is 6. The molecule has 1 N–H and O–H groups in total. The van der Waals surface area contributed by atoms with Gasteiger partial charge in [-0.15, -0.1) is 0 Å². The molecule has 0 aromatic heterocycles. The van der Waals surface area contributed by atoms with Crippen LogP contribution in [0.25, 0.3) is 0 Å². The van der Waals surface area contributed by atoms with Gasteiger partial charge >= 0.3 is 0 Å². The van der Waals surface area contributed by atoms with Crippen LogP contribution in [-0.2, 0) is 0 Å². The van der Waals surface area contributed by atoms with Gasteiger partial charge in [0.05, 0.1) is 13.2 Å². The van der Waals surface area contributed by atoms with Gasteiger partial charge in [-0.3, -0.25) is 0 Å². The van der Waals surface area contributed by atoms with Gasteiger partial charge in [-0.25, -0.2) is 0 Å². The highest BCUT2D eigenvalue weighted by molar-refractivity contribution is 9.10. The molecule has 2 rings (SSSR count). The van der Waals surface area contributed by atoms with Crippen molar-refractivity contribution < 1.29 is 4.74 Å². The first kappa shape index (κ1) is 16.2. The summed E-state index contributed by atoms with van der Waals surface area (Å²) in [5.41, 5.74) is 2.27. The lowest BCUT2D eigenvalue weighted by atomic mass is 10.0. The minimum Gasteiger partial charge on any atom is -0.497 e. The molecule has 21 heavy (non-hydrogen) atoms. The first-order valence-electron chi connectivity index (χ1n) is 6.99. The van der Waals surface area contributed by atoms with Crippen LogP contribution in [0.1, 0.15) is 31.4 Å². The predicted octanol–water partition coefficient (Wildman–Crippen LogP) is 6.06. The molecule has 0 aliphatic heterocycles. The summed E-state index contributed by atoms with van der Waals surface area (Å²) < 4.78 is 6.31. The van der Waals surface area contributed by atoms with Crippen molar-refractivity contribution in [1.29, 1.82) is 0 Å². The molecule has 1 atom stereocenters. The van der Waals surface area contributed by atoms with Gasteiger partial charge < -0.3 is 10.1 Å². The van der Waals surface area contributed by atoms with E-state index < -0.39 is 0 Å². The SMILES string of the molecule is CCCC(Nc1cc(Br)cc(OC)c1)c1ccc(Cl)cc1. The topological polar surface area (TPSA) is 21.3 Å². The first-order chi connectivity index (χ1) is 10.1. The first-order valence-corrected chi connectivity index (χ1v) is 8.16. The molecule has 0 radical (unpaired) electrons. The number of hydrogen-bond acceptors (Lipinski definition) is 2. The van der Waals surface area contributed by atoms with E-state index in [1.807, 2.05) is 24.3 Å². The lowest BCUT2D eigenvalue weighted by Gasteiger charge is -2.20. The van der Waals surface area contributed by atoms with E-state index in [0.717, 1.165) is 33.8 Å². The van der Waals surface area contributed by atoms with Crippen molar-refractivity contribution in [1.82, 2.24) is 0 Å². The maximum atomic E-state index is 5.97. The van der Waals surface area contributed by atoms with E-state index in [9.17, 15) is 0 Å². The molecule has 2 aromatic carbocycles. The van der Waals surface area contributed by atoms with Gasteiger partial charge in [0.15, 0.2) is 0 Å². The third-order valence-electron chi connectivity index (χ3n) is 3.30. The Labute approximate surface area is 139 Å². The van der Waals surface area contributed by atoms with Gasteiger partial charge in [-0.2, -0.15) is 0 Å². The smallest absolute Gasteiger partial charge is 0.122 e. The van der Waals surface area contributed by atoms with Crippen LogP contribution in [0, 0.1) is 0 Å². The molecule has 0 heterocycles. The Balaban J connectivity index is 2.23. The second-order valence-corrected chi connectivity index (χ2v) is 6.27. The highest BCUT2D eigenvalue weighted by Gasteiger charge is 2.11. The number of halogens is 2. The molecule has 0 fully saturated rings. The second-order valence-electron chi connectivity index (χ2n) is 4.92. The lowest BCUT2D eigenvalue weighted by Crippen LogP contribution is -2.10. The number of benzene rings is 2. The van der Waals surface area contributed by atoms with Gasteiger partial charge in [0, 0.05) is 21.2 Å². The van der Waals surface area contributed by atoms with Crippen molar-refractivity contribution in [2.24, 2.45) is 0 Å². The minimum absolute atomic E-state index is 0.256. The van der Waals surface area contributed by atoms with E-state index in [-0.39, 0.29) is 6.04 Å². The summed E-state index contributed by atoms with van der Waals surface area (Å²) in [6, 6.07) is 14.3. The zero-order chi connectivity index (χ0) is 15.2. The molecule has 0 bridgehead atoms. The summed E-state index contributed by atoms with van der Waals surface area (Å²) in [7, 11) is 1.67. The number of nitrogens with one attached hydrogen (secondary N) is 1. The summed E-state index contributed by atoms with van der Waals surface area (Å²) in [4.78, 5) is 0. The van der Waals surface area contributed by atoms with Crippen molar-refractivity contribution in [3.8, 4) is 5.75 Å². The molecule has 0 spiro atoms. The summed E-state index contributed by atoms with van der Waals surface area (Å²) in [5.74, 6) is 0.832. The lowest BCUT2D eigenvalue weighted by molar-refractivity contribution is 0.414. The fourth-order valence-corrected chi connectivity index (χ4v) is 2.87. The van der Waals surface area contributed by atoms with Crippen LogP contribution in [0.3, 0.4) is 0 Å². The van der Waals surface area contributed by atoms with Gasteiger partial charge in [0.25, 0.3) is 0 Å². The molecule has 0 amide bonds. The zero-order valence-electron chi connectivity index (χ0n) is 12.2. The van der Waals surface area contributed by atoms with Crippen molar-refractivity contribution in [2.75, 3.05) is 12.4 Å². The molecular weight excluding hydrogens is 350 g/mol. The summed E-state index contributed by atoms with van der Waals surface area (Å²) in [6.07, 6.45) is 2.15. The van der Waals surface area contributed by atoms with Crippen molar-refractivity contribution in [2.45, 2.75) is 25.8 Å². The third kappa shape index (κ3) is 4.65. The average Bonchev–Trinajstić information content (AvgIpc) is 2.47. The van der Waals surface area contributed by atoms with E-state index in [1.54, 1.807) is 7.11 Å². The summed E-state index contributed by atoms with van der Waals surface area (Å²) in [5, 5.41) is 4.34. The highest BCUT2D eigenvalue weighted by atomic mass is 79.9. The molecule has 2 aromatic rings. The maximum absolute atomic E-state index is 5.97. The van der Waals surface area contributed by atoms with Crippen LogP contribution in [0.2, 0.25) is 5.02 Å². The van der Waals surface area contributed by atoms with Crippen molar-refractivity contribution in [3.05, 3.63) is 57.5 Å². The van der Waals surface area contributed by atoms with E-state index in [1.165, 1.54) is 5.56 Å². The molecule has 112 valence electrons. The molecule has 0 saturated carbocycles. The summed E-state index contributed by atoms with van der Waals surface area (Å²) in [6.45, 7) is 2.19. The Morgan fingerprint density at radius 3 is 2.52 bits per heavy atom. The van der Waals surface area contributed by atoms with Crippen LogP contribution in [0.15, 0.2) is 46.9 Å². The zero-order valence-corrected chi connectivity index (χ0v) is 14.5. The van der Waals surface area contributed by atoms with Gasteiger partial charge in [-0.1, -0.05) is 53.0 Å². The maximum Gasteiger partial charge on any atom is 0.122 e. The molecule has 0 saturated heterocycles. The van der Waals surface area contributed by atoms with E-state index in [2.05, 4.69) is 46.4 Å². The van der Waals surface area contributed by atoms with Crippen LogP contribution in [0.5, 0.6) is 5.75 Å². The Hall–Kier alpha value is -1.19. The number of anilines is 1. The van der Waals surface area contributed by atoms with E-state index in [0.29, 0.717) is 0 Å². The van der Waals surface area contributed by atoms with Crippen LogP contribution >= 0.6 is 27.5 Å². The Bertz CT molecular complexity index is 586. The van der Waals surface area contributed by atoms with Gasteiger partial charge in [-0.05, 0) is 36.2 Å². The minimum atomic E-state index is 0.256. The average molecular weight is 369 g/mol. The van der Waals surface area contributed by atoms with Crippen molar-refractivity contribution in [3.63, 3.8) is 0 Å². The molecule has 0 aliphatic rings. The van der Waals surface area contributed by atoms with E-state index >= 15 is 0 Å². The number of methoxy groups -OCH3 is 1. The van der Waals surface area contributed by atoms with Crippen molar-refractivity contribution >= 4 is 33.2 Å².